The second kappa shape index (κ2) is 2.87. The lowest BCUT2D eigenvalue weighted by Gasteiger charge is -1.88. The van der Waals surface area contributed by atoms with Gasteiger partial charge >= 0.3 is 0 Å². The average molecular weight is 108 g/mol. The Balaban J connectivity index is 2.54. The van der Waals surface area contributed by atoms with Gasteiger partial charge in [-0.05, 0) is 0 Å². The van der Waals surface area contributed by atoms with Crippen LogP contribution in [-0.4, -0.2) is 5.75 Å². The lowest BCUT2D eigenvalue weighted by atomic mass is 10.8. The minimum absolute atomic E-state index is 0.559. The summed E-state index contributed by atoms with van der Waals surface area (Å²) in [4.78, 5) is 0. The minimum Gasteiger partial charge on any atom is -0.314 e. The summed E-state index contributed by atoms with van der Waals surface area (Å²) in [6.07, 6.45) is 0. The average Bonchev–Trinajstić information content (AvgIpc) is 1.38. The highest BCUT2D eigenvalue weighted by atomic mass is 32.1. The molecule has 3 heteroatoms. The first-order valence-electron chi connectivity index (χ1n) is 1.18. The first kappa shape index (κ1) is 5.66. The predicted molar refractivity (Wildman–Crippen MR) is 30.3 cm³/mol. The van der Waals surface area contributed by atoms with Crippen LogP contribution in [0, 0.1) is 5.37 Å². The molecule has 0 aromatic heterocycles. The van der Waals surface area contributed by atoms with Crippen molar-refractivity contribution in [2.45, 2.75) is 0 Å². The van der Waals surface area contributed by atoms with Crippen molar-refractivity contribution in [3.63, 3.8) is 0 Å². The molecule has 0 aromatic carbocycles. The zero-order valence-electron chi connectivity index (χ0n) is 2.68. The molecule has 0 heterocycles. The zero-order chi connectivity index (χ0) is 4.28. The van der Waals surface area contributed by atoms with Gasteiger partial charge in [0.1, 0.15) is 0 Å². The lowest BCUT2D eigenvalue weighted by molar-refractivity contribution is 1.29. The summed E-state index contributed by atoms with van der Waals surface area (Å²) in [7, 11) is 0. The van der Waals surface area contributed by atoms with E-state index in [1.807, 2.05) is 0 Å². The van der Waals surface area contributed by atoms with Crippen LogP contribution in [0.25, 0.3) is 0 Å². The summed E-state index contributed by atoms with van der Waals surface area (Å²) >= 11 is 7.49. The Bertz CT molecular complexity index is 21.6. The van der Waals surface area contributed by atoms with Gasteiger partial charge in [-0.25, -0.2) is 0 Å². The Morgan fingerprint density at radius 1 is 1.80 bits per heavy atom. The van der Waals surface area contributed by atoms with Crippen LogP contribution in [0.3, 0.4) is 0 Å². The van der Waals surface area contributed by atoms with Crippen molar-refractivity contribution in [3.05, 3.63) is 5.37 Å². The first-order valence-corrected chi connectivity index (χ1v) is 2.26. The van der Waals surface area contributed by atoms with Crippen LogP contribution in [0.4, 0.5) is 0 Å². The molecule has 0 spiro atoms. The molecule has 0 rings (SSSR count). The number of rotatable bonds is 1. The number of hydrogen-bond donors (Lipinski definition) is 3. The normalized spacial score (nSPS) is 9.60. The van der Waals surface area contributed by atoms with E-state index in [4.69, 9.17) is 5.73 Å². The van der Waals surface area contributed by atoms with Crippen molar-refractivity contribution >= 4 is 25.3 Å². The molecule has 0 atom stereocenters. The summed E-state index contributed by atoms with van der Waals surface area (Å²) in [6.45, 7) is 0. The van der Waals surface area contributed by atoms with Gasteiger partial charge in [-0.3, -0.25) is 0 Å². The van der Waals surface area contributed by atoms with Gasteiger partial charge in [-0.1, -0.05) is 0 Å². The fourth-order valence-electron chi connectivity index (χ4n) is 0. The third-order valence-corrected chi connectivity index (χ3v) is 0.910. The molecule has 2 N–H and O–H groups in total. The summed E-state index contributed by atoms with van der Waals surface area (Å²) in [5, 5.41) is 0.563. The highest BCUT2D eigenvalue weighted by Gasteiger charge is 1.83. The summed E-state index contributed by atoms with van der Waals surface area (Å²) < 4.78 is 0. The number of thiol groups is 2. The molecule has 5 heavy (non-hydrogen) atoms. The molecule has 0 saturated heterocycles. The third-order valence-electron chi connectivity index (χ3n) is 0.162. The topological polar surface area (TPSA) is 26.0 Å². The van der Waals surface area contributed by atoms with Crippen molar-refractivity contribution in [1.82, 2.24) is 0 Å². The van der Waals surface area contributed by atoms with Crippen LogP contribution < -0.4 is 5.73 Å². The van der Waals surface area contributed by atoms with E-state index < -0.39 is 0 Å². The minimum atomic E-state index is 0.559. The van der Waals surface area contributed by atoms with Gasteiger partial charge in [0.25, 0.3) is 0 Å². The molecule has 0 aliphatic rings. The fraction of sp³-hybridized carbons (Fsp3) is 0.500. The third kappa shape index (κ3) is 4.66. The van der Waals surface area contributed by atoms with Gasteiger partial charge in [0.05, 0.1) is 5.37 Å². The maximum Gasteiger partial charge on any atom is 0.0962 e. The molecule has 0 saturated carbocycles. The largest absolute Gasteiger partial charge is 0.314 e. The maximum absolute atomic E-state index is 5.00. The van der Waals surface area contributed by atoms with E-state index in [0.717, 1.165) is 0 Å². The molecule has 1 radical (unpaired) electrons. The predicted octanol–water partition coefficient (Wildman–Crippen LogP) is 0.294. The lowest BCUT2D eigenvalue weighted by Crippen LogP contribution is -2.01. The van der Waals surface area contributed by atoms with Gasteiger partial charge in [0.15, 0.2) is 0 Å². The number of nitrogens with two attached hydrogens (primary N) is 1. The van der Waals surface area contributed by atoms with Crippen LogP contribution in [0.2, 0.25) is 0 Å². The molecule has 0 bridgehead atoms. The van der Waals surface area contributed by atoms with Gasteiger partial charge < -0.3 is 5.73 Å². The monoisotopic (exact) mass is 108 g/mol. The van der Waals surface area contributed by atoms with E-state index in [1.165, 1.54) is 0 Å². The van der Waals surface area contributed by atoms with Crippen LogP contribution in [0.15, 0.2) is 0 Å². The van der Waals surface area contributed by atoms with Crippen LogP contribution in [0.1, 0.15) is 0 Å². The highest BCUT2D eigenvalue weighted by Crippen LogP contribution is 1.94. The van der Waals surface area contributed by atoms with E-state index in [1.54, 1.807) is 0 Å². The Labute approximate surface area is 42.8 Å². The first-order chi connectivity index (χ1) is 2.27. The van der Waals surface area contributed by atoms with Gasteiger partial charge in [-0.15, -0.1) is 0 Å². The van der Waals surface area contributed by atoms with E-state index in [0.29, 0.717) is 11.1 Å². The molecule has 0 unspecified atom stereocenters. The molecule has 0 amide bonds. The molecular weight excluding hydrogens is 102 g/mol. The van der Waals surface area contributed by atoms with E-state index in [2.05, 4.69) is 25.3 Å². The van der Waals surface area contributed by atoms with Crippen LogP contribution in [-0.2, 0) is 0 Å². The standard InChI is InChI=1S/C2H6NS2/c3-2(5)1-4/h4-5H,1,3H2. The molecular formula is C2H6NS2. The van der Waals surface area contributed by atoms with Crippen LogP contribution >= 0.6 is 25.3 Å². The Morgan fingerprint density at radius 2 is 2.00 bits per heavy atom. The maximum atomic E-state index is 5.00. The number of hydrogen-bond acceptors (Lipinski definition) is 3. The molecule has 0 aliphatic carbocycles. The van der Waals surface area contributed by atoms with Gasteiger partial charge in [-0.2, -0.15) is 25.3 Å². The zero-order valence-corrected chi connectivity index (χ0v) is 4.47. The smallest absolute Gasteiger partial charge is 0.0962 e. The van der Waals surface area contributed by atoms with E-state index >= 15 is 0 Å². The highest BCUT2D eigenvalue weighted by molar-refractivity contribution is 7.86. The molecule has 31 valence electrons. The SMILES string of the molecule is N[C](S)CS. The van der Waals surface area contributed by atoms with E-state index in [-0.39, 0.29) is 0 Å². The second-order valence-corrected chi connectivity index (χ2v) is 1.54. The second-order valence-electron chi connectivity index (χ2n) is 0.649. The van der Waals surface area contributed by atoms with Crippen molar-refractivity contribution in [2.75, 3.05) is 5.75 Å². The molecule has 0 aliphatic heterocycles. The van der Waals surface area contributed by atoms with Crippen molar-refractivity contribution in [2.24, 2.45) is 5.73 Å². The van der Waals surface area contributed by atoms with Crippen LogP contribution in [0.5, 0.6) is 0 Å². The summed E-state index contributed by atoms with van der Waals surface area (Å²) in [6, 6.07) is 0. The van der Waals surface area contributed by atoms with Crippen molar-refractivity contribution < 1.29 is 0 Å². The summed E-state index contributed by atoms with van der Waals surface area (Å²) in [5.74, 6) is 0.559. The van der Waals surface area contributed by atoms with Crippen molar-refractivity contribution in [1.29, 1.82) is 0 Å². The Morgan fingerprint density at radius 3 is 2.00 bits per heavy atom. The molecule has 0 aromatic rings. The quantitative estimate of drug-likeness (QED) is 0.414. The molecule has 1 nitrogen and oxygen atoms in total. The van der Waals surface area contributed by atoms with Gasteiger partial charge in [0.2, 0.25) is 0 Å². The Hall–Kier alpha value is 0.660. The van der Waals surface area contributed by atoms with Gasteiger partial charge in [0, 0.05) is 5.75 Å². The van der Waals surface area contributed by atoms with E-state index in [9.17, 15) is 0 Å². The Kier molecular flexibility index (Phi) is 3.25. The molecule has 0 fully saturated rings. The van der Waals surface area contributed by atoms with Crippen molar-refractivity contribution in [3.8, 4) is 0 Å². The summed E-state index contributed by atoms with van der Waals surface area (Å²) in [5.41, 5.74) is 5.00. The fourth-order valence-corrected chi connectivity index (χ4v) is 0.